The van der Waals surface area contributed by atoms with Gasteiger partial charge in [0.25, 0.3) is 0 Å². The van der Waals surface area contributed by atoms with Crippen LogP contribution >= 0.6 is 0 Å². The van der Waals surface area contributed by atoms with E-state index in [4.69, 9.17) is 9.47 Å². The molecule has 1 saturated heterocycles. The molecule has 5 heteroatoms. The van der Waals surface area contributed by atoms with Crippen molar-refractivity contribution in [3.8, 4) is 17.2 Å². The molecular weight excluding hydrogens is 328 g/mol. The number of hydrogen-bond donors (Lipinski definition) is 1. The van der Waals surface area contributed by atoms with E-state index in [9.17, 15) is 5.11 Å². The van der Waals surface area contributed by atoms with Gasteiger partial charge in [-0.1, -0.05) is 12.1 Å². The van der Waals surface area contributed by atoms with Crippen molar-refractivity contribution in [3.63, 3.8) is 0 Å². The van der Waals surface area contributed by atoms with Crippen LogP contribution in [0.3, 0.4) is 0 Å². The Balaban J connectivity index is 1.79. The number of phenolic OH excluding ortho intramolecular Hbond substituents is 1. The first-order valence-electron chi connectivity index (χ1n) is 8.96. The van der Waals surface area contributed by atoms with Crippen molar-refractivity contribution in [3.05, 3.63) is 53.6 Å². The van der Waals surface area contributed by atoms with Crippen LogP contribution in [0.2, 0.25) is 0 Å². The Labute approximate surface area is 154 Å². The maximum Gasteiger partial charge on any atom is 0.124 e. The van der Waals surface area contributed by atoms with E-state index in [1.165, 1.54) is 18.4 Å². The predicted molar refractivity (Wildman–Crippen MR) is 104 cm³/mol. The molecule has 0 aliphatic carbocycles. The van der Waals surface area contributed by atoms with Crippen molar-refractivity contribution < 1.29 is 14.6 Å². The van der Waals surface area contributed by atoms with E-state index < -0.39 is 0 Å². The molecule has 1 heterocycles. The van der Waals surface area contributed by atoms with Crippen molar-refractivity contribution >= 4 is 6.21 Å². The minimum atomic E-state index is 0.202. The molecule has 1 aliphatic heterocycles. The second kappa shape index (κ2) is 8.72. The number of hydrogen-bond acceptors (Lipinski definition) is 5. The Kier molecular flexibility index (Phi) is 6.12. The third kappa shape index (κ3) is 4.35. The zero-order chi connectivity index (χ0) is 18.4. The smallest absolute Gasteiger partial charge is 0.124 e. The zero-order valence-corrected chi connectivity index (χ0v) is 15.4. The van der Waals surface area contributed by atoms with Crippen molar-refractivity contribution in [1.29, 1.82) is 0 Å². The number of ether oxygens (including phenoxy) is 2. The lowest BCUT2D eigenvalue weighted by Crippen LogP contribution is -2.27. The summed E-state index contributed by atoms with van der Waals surface area (Å²) in [5, 5.41) is 10.0. The summed E-state index contributed by atoms with van der Waals surface area (Å²) in [6, 6.07) is 13.5. The van der Waals surface area contributed by atoms with E-state index in [2.05, 4.69) is 22.0 Å². The topological polar surface area (TPSA) is 54.3 Å². The van der Waals surface area contributed by atoms with Gasteiger partial charge in [0, 0.05) is 11.8 Å². The maximum atomic E-state index is 10.0. The summed E-state index contributed by atoms with van der Waals surface area (Å²) in [4.78, 5) is 7.10. The van der Waals surface area contributed by atoms with Crippen LogP contribution in [0.1, 0.15) is 30.0 Å². The van der Waals surface area contributed by atoms with E-state index >= 15 is 0 Å². The first kappa shape index (κ1) is 18.3. The molecule has 138 valence electrons. The van der Waals surface area contributed by atoms with Gasteiger partial charge in [-0.2, -0.15) is 0 Å². The van der Waals surface area contributed by atoms with Crippen molar-refractivity contribution in [2.75, 3.05) is 33.9 Å². The number of rotatable bonds is 7. The summed E-state index contributed by atoms with van der Waals surface area (Å²) in [6.07, 6.45) is 4.17. The van der Waals surface area contributed by atoms with Crippen molar-refractivity contribution in [1.82, 2.24) is 4.90 Å². The lowest BCUT2D eigenvalue weighted by molar-refractivity contribution is 0.251. The Morgan fingerprint density at radius 2 is 1.81 bits per heavy atom. The third-order valence-corrected chi connectivity index (χ3v) is 4.80. The Hall–Kier alpha value is -2.53. The molecule has 2 aromatic rings. The number of benzene rings is 2. The van der Waals surface area contributed by atoms with Gasteiger partial charge in [0.15, 0.2) is 0 Å². The number of nitrogens with zero attached hydrogens (tertiary/aromatic N) is 2. The van der Waals surface area contributed by atoms with E-state index in [-0.39, 0.29) is 11.8 Å². The quantitative estimate of drug-likeness (QED) is 0.771. The fourth-order valence-corrected chi connectivity index (χ4v) is 3.35. The average Bonchev–Trinajstić information content (AvgIpc) is 3.21. The largest absolute Gasteiger partial charge is 0.507 e. The van der Waals surface area contributed by atoms with Crippen molar-refractivity contribution in [2.24, 2.45) is 4.99 Å². The fraction of sp³-hybridized carbons (Fsp3) is 0.381. The van der Waals surface area contributed by atoms with Crippen LogP contribution in [-0.2, 0) is 0 Å². The molecule has 0 saturated carbocycles. The number of phenols is 1. The molecule has 5 nitrogen and oxygen atoms in total. The van der Waals surface area contributed by atoms with Crippen molar-refractivity contribution in [2.45, 2.75) is 18.9 Å². The number of aliphatic imine (C=N–C) groups is 1. The average molecular weight is 354 g/mol. The summed E-state index contributed by atoms with van der Waals surface area (Å²) >= 11 is 0. The normalized spacial score (nSPS) is 16.1. The molecule has 0 bridgehead atoms. The molecule has 1 atom stereocenters. The molecule has 0 radical (unpaired) electrons. The van der Waals surface area contributed by atoms with Crippen LogP contribution in [0.4, 0.5) is 0 Å². The maximum absolute atomic E-state index is 10.0. The Morgan fingerprint density at radius 1 is 1.08 bits per heavy atom. The Morgan fingerprint density at radius 3 is 2.54 bits per heavy atom. The van der Waals surface area contributed by atoms with Gasteiger partial charge in [0.05, 0.1) is 26.8 Å². The van der Waals surface area contributed by atoms with Crippen LogP contribution in [0.5, 0.6) is 17.2 Å². The van der Waals surface area contributed by atoms with E-state index in [0.29, 0.717) is 17.9 Å². The monoisotopic (exact) mass is 354 g/mol. The highest BCUT2D eigenvalue weighted by atomic mass is 16.5. The third-order valence-electron chi connectivity index (χ3n) is 4.80. The molecule has 1 N–H and O–H groups in total. The molecule has 2 aromatic carbocycles. The zero-order valence-electron chi connectivity index (χ0n) is 15.4. The van der Waals surface area contributed by atoms with Gasteiger partial charge in [0.2, 0.25) is 0 Å². The molecule has 3 rings (SSSR count). The van der Waals surface area contributed by atoms with Gasteiger partial charge in [-0.15, -0.1) is 0 Å². The minimum absolute atomic E-state index is 0.202. The van der Waals surface area contributed by atoms with Gasteiger partial charge in [0.1, 0.15) is 17.2 Å². The van der Waals surface area contributed by atoms with Crippen LogP contribution in [-0.4, -0.2) is 50.1 Å². The highest BCUT2D eigenvalue weighted by Gasteiger charge is 2.23. The van der Waals surface area contributed by atoms with Crippen LogP contribution in [0.15, 0.2) is 47.5 Å². The molecule has 0 unspecified atom stereocenters. The lowest BCUT2D eigenvalue weighted by atomic mass is 10.1. The molecular formula is C21H26N2O3. The number of aromatic hydroxyl groups is 1. The summed E-state index contributed by atoms with van der Waals surface area (Å²) in [5.41, 5.74) is 1.87. The van der Waals surface area contributed by atoms with Gasteiger partial charge in [-0.3, -0.25) is 9.89 Å². The van der Waals surface area contributed by atoms with Crippen LogP contribution in [0.25, 0.3) is 0 Å². The van der Waals surface area contributed by atoms with Gasteiger partial charge in [-0.25, -0.2) is 0 Å². The highest BCUT2D eigenvalue weighted by molar-refractivity contribution is 5.84. The predicted octanol–water partition coefficient (Wildman–Crippen LogP) is 3.67. The first-order valence-corrected chi connectivity index (χ1v) is 8.96. The minimum Gasteiger partial charge on any atom is -0.507 e. The summed E-state index contributed by atoms with van der Waals surface area (Å²) in [5.74, 6) is 1.77. The molecule has 26 heavy (non-hydrogen) atoms. The Bertz CT molecular complexity index is 755. The van der Waals surface area contributed by atoms with E-state index in [1.807, 2.05) is 12.1 Å². The molecule has 1 fully saturated rings. The fourth-order valence-electron chi connectivity index (χ4n) is 3.35. The first-order chi connectivity index (χ1) is 12.7. The SMILES string of the molecule is COc1cccc([C@H](CN=Cc2cc(OC)ccc2O)N2CCCC2)c1. The molecule has 0 amide bonds. The summed E-state index contributed by atoms with van der Waals surface area (Å²) in [6.45, 7) is 2.80. The van der Waals surface area contributed by atoms with E-state index in [0.717, 1.165) is 18.8 Å². The molecule has 0 aromatic heterocycles. The number of methoxy groups -OCH3 is 2. The standard InChI is InChI=1S/C21H26N2O3/c1-25-18-7-5-6-16(12-18)20(23-10-3-4-11-23)15-22-14-17-13-19(26-2)8-9-21(17)24/h5-9,12-14,20,24H,3-4,10-11,15H2,1-2H3/t20-/m0/s1. The highest BCUT2D eigenvalue weighted by Crippen LogP contribution is 2.28. The van der Waals surface area contributed by atoms with E-state index in [1.54, 1.807) is 38.6 Å². The summed E-state index contributed by atoms with van der Waals surface area (Å²) in [7, 11) is 3.30. The molecule has 0 spiro atoms. The second-order valence-corrected chi connectivity index (χ2v) is 6.45. The summed E-state index contributed by atoms with van der Waals surface area (Å²) < 4.78 is 10.6. The van der Waals surface area contributed by atoms with Crippen LogP contribution in [0, 0.1) is 0 Å². The van der Waals surface area contributed by atoms with Gasteiger partial charge >= 0.3 is 0 Å². The van der Waals surface area contributed by atoms with Gasteiger partial charge < -0.3 is 14.6 Å². The number of likely N-dealkylation sites (tertiary alicyclic amines) is 1. The van der Waals surface area contributed by atoms with Gasteiger partial charge in [-0.05, 0) is 61.8 Å². The lowest BCUT2D eigenvalue weighted by Gasteiger charge is -2.26. The second-order valence-electron chi connectivity index (χ2n) is 6.45. The molecule has 1 aliphatic rings. The van der Waals surface area contributed by atoms with Crippen LogP contribution < -0.4 is 9.47 Å².